The maximum atomic E-state index is 11.5. The summed E-state index contributed by atoms with van der Waals surface area (Å²) >= 11 is 5.78. The first-order valence-electron chi connectivity index (χ1n) is 6.44. The van der Waals surface area contributed by atoms with Gasteiger partial charge in [-0.3, -0.25) is 10.1 Å². The number of benzene rings is 2. The lowest BCUT2D eigenvalue weighted by Crippen LogP contribution is -2.13. The number of nitro groups is 1. The number of sulfonamides is 1. The quantitative estimate of drug-likeness (QED) is 0.645. The fourth-order valence-electron chi connectivity index (χ4n) is 2.03. The summed E-state index contributed by atoms with van der Waals surface area (Å²) in [6, 6.07) is 6.97. The number of hydrogen-bond acceptors (Lipinski definition) is 5. The van der Waals surface area contributed by atoms with Gasteiger partial charge in [-0.05, 0) is 49.2 Å². The maximum Gasteiger partial charge on any atom is 0.294 e. The van der Waals surface area contributed by atoms with E-state index in [9.17, 15) is 18.5 Å². The third kappa shape index (κ3) is 3.79. The number of primary sulfonamides is 1. The second-order valence-electron chi connectivity index (χ2n) is 5.00. The molecule has 0 aromatic heterocycles. The Morgan fingerprint density at radius 2 is 1.83 bits per heavy atom. The first kappa shape index (κ1) is 17.2. The lowest BCUT2D eigenvalue weighted by molar-refractivity contribution is -0.383. The van der Waals surface area contributed by atoms with Crippen LogP contribution in [0.4, 0.5) is 17.1 Å². The van der Waals surface area contributed by atoms with Gasteiger partial charge in [-0.2, -0.15) is 0 Å². The Labute approximate surface area is 138 Å². The third-order valence-electron chi connectivity index (χ3n) is 3.40. The summed E-state index contributed by atoms with van der Waals surface area (Å²) in [6.07, 6.45) is 0. The summed E-state index contributed by atoms with van der Waals surface area (Å²) in [7, 11) is -3.89. The molecule has 2 rings (SSSR count). The van der Waals surface area contributed by atoms with Crippen molar-refractivity contribution in [1.82, 2.24) is 0 Å². The molecule has 3 N–H and O–H groups in total. The molecule has 0 radical (unpaired) electrons. The van der Waals surface area contributed by atoms with Crippen molar-refractivity contribution in [3.05, 3.63) is 56.6 Å². The highest BCUT2D eigenvalue weighted by atomic mass is 35.5. The summed E-state index contributed by atoms with van der Waals surface area (Å²) in [5.41, 5.74) is 1.85. The van der Waals surface area contributed by atoms with Gasteiger partial charge in [0.2, 0.25) is 10.0 Å². The van der Waals surface area contributed by atoms with Crippen molar-refractivity contribution in [2.24, 2.45) is 5.14 Å². The van der Waals surface area contributed by atoms with Crippen LogP contribution in [0, 0.1) is 24.0 Å². The van der Waals surface area contributed by atoms with Gasteiger partial charge < -0.3 is 5.32 Å². The molecule has 0 spiro atoms. The lowest BCUT2D eigenvalue weighted by Gasteiger charge is -2.14. The van der Waals surface area contributed by atoms with Crippen LogP contribution in [0.2, 0.25) is 5.02 Å². The summed E-state index contributed by atoms with van der Waals surface area (Å²) in [5.74, 6) is 0. The van der Waals surface area contributed by atoms with E-state index in [2.05, 4.69) is 5.32 Å². The average molecular weight is 356 g/mol. The topological polar surface area (TPSA) is 115 Å². The Bertz CT molecular complexity index is 897. The predicted octanol–water partition coefficient (Wildman–Crippen LogP) is 3.26. The average Bonchev–Trinajstić information content (AvgIpc) is 2.44. The summed E-state index contributed by atoms with van der Waals surface area (Å²) < 4.78 is 23.1. The molecule has 0 saturated carbocycles. The van der Waals surface area contributed by atoms with E-state index in [1.807, 2.05) is 0 Å². The molecule has 2 aromatic rings. The zero-order valence-corrected chi connectivity index (χ0v) is 13.9. The molecule has 2 aromatic carbocycles. The highest BCUT2D eigenvalue weighted by molar-refractivity contribution is 7.89. The zero-order chi connectivity index (χ0) is 17.4. The van der Waals surface area contributed by atoms with Crippen LogP contribution in [0.25, 0.3) is 0 Å². The smallest absolute Gasteiger partial charge is 0.294 e. The van der Waals surface area contributed by atoms with Gasteiger partial charge in [0, 0.05) is 16.8 Å². The van der Waals surface area contributed by atoms with E-state index in [4.69, 9.17) is 16.7 Å². The molecule has 0 aliphatic heterocycles. The van der Waals surface area contributed by atoms with Crippen molar-refractivity contribution in [1.29, 1.82) is 0 Å². The Kier molecular flexibility index (Phi) is 4.60. The molecule has 122 valence electrons. The first-order valence-corrected chi connectivity index (χ1v) is 8.37. The molecule has 0 atom stereocenters. The number of nitro benzene ring substituents is 1. The molecule has 9 heteroatoms. The Hall–Kier alpha value is -2.16. The highest BCUT2D eigenvalue weighted by Crippen LogP contribution is 2.33. The van der Waals surface area contributed by atoms with Crippen molar-refractivity contribution in [2.75, 3.05) is 5.32 Å². The van der Waals surface area contributed by atoms with E-state index in [1.165, 1.54) is 30.3 Å². The summed E-state index contributed by atoms with van der Waals surface area (Å²) in [4.78, 5) is 10.5. The Balaban J connectivity index is 2.57. The van der Waals surface area contributed by atoms with E-state index < -0.39 is 14.9 Å². The second-order valence-corrected chi connectivity index (χ2v) is 7.00. The van der Waals surface area contributed by atoms with E-state index in [1.54, 1.807) is 13.8 Å². The van der Waals surface area contributed by atoms with Gasteiger partial charge in [-0.15, -0.1) is 0 Å². The number of halogens is 1. The minimum Gasteiger partial charge on any atom is -0.350 e. The van der Waals surface area contributed by atoms with Crippen molar-refractivity contribution < 1.29 is 13.3 Å². The summed E-state index contributed by atoms with van der Waals surface area (Å²) in [6.45, 7) is 3.50. The van der Waals surface area contributed by atoms with Crippen LogP contribution in [-0.4, -0.2) is 13.3 Å². The van der Waals surface area contributed by atoms with Gasteiger partial charge in [0.25, 0.3) is 5.69 Å². The van der Waals surface area contributed by atoms with Crippen LogP contribution < -0.4 is 10.5 Å². The SMILES string of the molecule is Cc1cc(S(N)(=O)=O)cc(Nc2ccc(Cl)cc2[N+](=O)[O-])c1C. The first-order chi connectivity index (χ1) is 10.6. The molecule has 7 nitrogen and oxygen atoms in total. The van der Waals surface area contributed by atoms with Gasteiger partial charge >= 0.3 is 0 Å². The fourth-order valence-corrected chi connectivity index (χ4v) is 2.82. The van der Waals surface area contributed by atoms with E-state index in [0.29, 0.717) is 11.3 Å². The molecule has 0 saturated heterocycles. The number of aryl methyl sites for hydroxylation is 1. The van der Waals surface area contributed by atoms with Gasteiger partial charge in [0.05, 0.1) is 9.82 Å². The summed E-state index contributed by atoms with van der Waals surface area (Å²) in [5, 5.41) is 19.4. The largest absolute Gasteiger partial charge is 0.350 e. The standard InChI is InChI=1S/C14H14ClN3O4S/c1-8-5-11(23(16,21)22)7-13(9(8)2)17-12-4-3-10(15)6-14(12)18(19)20/h3-7,17H,1-2H3,(H2,16,21,22). The van der Waals surface area contributed by atoms with E-state index in [0.717, 1.165) is 5.56 Å². The van der Waals surface area contributed by atoms with Crippen molar-refractivity contribution in [2.45, 2.75) is 18.7 Å². The number of nitrogens with zero attached hydrogens (tertiary/aromatic N) is 1. The molecule has 0 amide bonds. The molecule has 0 aliphatic rings. The van der Waals surface area contributed by atoms with E-state index >= 15 is 0 Å². The number of anilines is 2. The number of nitrogens with two attached hydrogens (primary N) is 1. The molecule has 0 fully saturated rings. The van der Waals surface area contributed by atoms with Crippen LogP contribution in [0.3, 0.4) is 0 Å². The second kappa shape index (κ2) is 6.15. The monoisotopic (exact) mass is 355 g/mol. The van der Waals surface area contributed by atoms with Crippen LogP contribution in [-0.2, 0) is 10.0 Å². The third-order valence-corrected chi connectivity index (χ3v) is 4.52. The van der Waals surface area contributed by atoms with Gasteiger partial charge in [-0.25, -0.2) is 13.6 Å². The minimum absolute atomic E-state index is 0.0697. The predicted molar refractivity (Wildman–Crippen MR) is 88.7 cm³/mol. The van der Waals surface area contributed by atoms with Crippen molar-refractivity contribution >= 4 is 38.7 Å². The number of nitrogens with one attached hydrogen (secondary N) is 1. The van der Waals surface area contributed by atoms with Crippen LogP contribution >= 0.6 is 11.6 Å². The lowest BCUT2D eigenvalue weighted by atomic mass is 10.1. The molecular formula is C14H14ClN3O4S. The van der Waals surface area contributed by atoms with Crippen LogP contribution in [0.5, 0.6) is 0 Å². The van der Waals surface area contributed by atoms with Gasteiger partial charge in [0.15, 0.2) is 0 Å². The minimum atomic E-state index is -3.89. The van der Waals surface area contributed by atoms with Crippen LogP contribution in [0.1, 0.15) is 11.1 Å². The molecule has 0 heterocycles. The van der Waals surface area contributed by atoms with Gasteiger partial charge in [-0.1, -0.05) is 11.6 Å². The Morgan fingerprint density at radius 3 is 2.39 bits per heavy atom. The van der Waals surface area contributed by atoms with Crippen LogP contribution in [0.15, 0.2) is 35.2 Å². The van der Waals surface area contributed by atoms with Gasteiger partial charge in [0.1, 0.15) is 5.69 Å². The molecule has 0 bridgehead atoms. The molecular weight excluding hydrogens is 342 g/mol. The highest BCUT2D eigenvalue weighted by Gasteiger charge is 2.17. The molecule has 0 unspecified atom stereocenters. The normalized spacial score (nSPS) is 11.3. The zero-order valence-electron chi connectivity index (χ0n) is 12.3. The Morgan fingerprint density at radius 1 is 1.17 bits per heavy atom. The molecule has 23 heavy (non-hydrogen) atoms. The number of rotatable bonds is 4. The maximum absolute atomic E-state index is 11.5. The number of hydrogen-bond donors (Lipinski definition) is 2. The van der Waals surface area contributed by atoms with Crippen molar-refractivity contribution in [3.8, 4) is 0 Å². The molecule has 0 aliphatic carbocycles. The van der Waals surface area contributed by atoms with E-state index in [-0.39, 0.29) is 21.3 Å². The van der Waals surface area contributed by atoms with Crippen molar-refractivity contribution in [3.63, 3.8) is 0 Å². The fraction of sp³-hybridized carbons (Fsp3) is 0.143.